The third-order valence-electron chi connectivity index (χ3n) is 2.43. The molecule has 0 amide bonds. The van der Waals surface area contributed by atoms with Crippen molar-refractivity contribution < 1.29 is 18.3 Å². The van der Waals surface area contributed by atoms with Crippen LogP contribution >= 0.6 is 0 Å². The summed E-state index contributed by atoms with van der Waals surface area (Å²) in [6.45, 7) is 1.96. The number of aromatic nitrogens is 2. The summed E-state index contributed by atoms with van der Waals surface area (Å²) in [7, 11) is 0. The van der Waals surface area contributed by atoms with Crippen molar-refractivity contribution in [1.29, 1.82) is 0 Å². The fraction of sp³-hybridized carbons (Fsp3) is 0.231. The van der Waals surface area contributed by atoms with Crippen molar-refractivity contribution >= 4 is 5.97 Å². The first kappa shape index (κ1) is 13.2. The fourth-order valence-corrected chi connectivity index (χ4v) is 1.69. The Morgan fingerprint density at radius 3 is 2.58 bits per heavy atom. The van der Waals surface area contributed by atoms with Gasteiger partial charge in [-0.15, -0.1) is 0 Å². The van der Waals surface area contributed by atoms with E-state index in [0.717, 1.165) is 6.07 Å². The van der Waals surface area contributed by atoms with Crippen molar-refractivity contribution in [2.24, 2.45) is 0 Å². The second-order valence-electron chi connectivity index (χ2n) is 3.95. The van der Waals surface area contributed by atoms with Crippen LogP contribution in [-0.4, -0.2) is 22.8 Å². The van der Waals surface area contributed by atoms with Gasteiger partial charge in [-0.1, -0.05) is 0 Å². The van der Waals surface area contributed by atoms with Crippen LogP contribution in [-0.2, 0) is 11.2 Å². The number of nitrogens with one attached hydrogen (secondary N) is 1. The van der Waals surface area contributed by atoms with E-state index in [-0.39, 0.29) is 18.7 Å². The van der Waals surface area contributed by atoms with E-state index in [1.165, 1.54) is 18.2 Å². The maximum Gasteiger partial charge on any atom is 0.358 e. The second-order valence-corrected chi connectivity index (χ2v) is 3.95. The number of carbonyl (C=O) groups is 1. The van der Waals surface area contributed by atoms with Crippen LogP contribution in [0.1, 0.15) is 28.7 Å². The smallest absolute Gasteiger partial charge is 0.358 e. The first-order chi connectivity index (χ1) is 9.08. The molecule has 0 radical (unpaired) electrons. The zero-order valence-corrected chi connectivity index (χ0v) is 10.2. The lowest BCUT2D eigenvalue weighted by atomic mass is 10.1. The highest BCUT2D eigenvalue weighted by atomic mass is 19.1. The van der Waals surface area contributed by atoms with Crippen molar-refractivity contribution in [3.63, 3.8) is 0 Å². The van der Waals surface area contributed by atoms with Gasteiger partial charge in [0.15, 0.2) is 5.69 Å². The Morgan fingerprint density at radius 2 is 1.95 bits per heavy atom. The molecule has 19 heavy (non-hydrogen) atoms. The highest BCUT2D eigenvalue weighted by Gasteiger charge is 2.12. The van der Waals surface area contributed by atoms with Gasteiger partial charge >= 0.3 is 5.97 Å². The molecule has 0 aliphatic carbocycles. The van der Waals surface area contributed by atoms with E-state index in [0.29, 0.717) is 11.3 Å². The third kappa shape index (κ3) is 3.37. The molecule has 2 aromatic rings. The summed E-state index contributed by atoms with van der Waals surface area (Å²) in [4.78, 5) is 11.4. The lowest BCUT2D eigenvalue weighted by molar-refractivity contribution is 0.0519. The first-order valence-electron chi connectivity index (χ1n) is 5.75. The van der Waals surface area contributed by atoms with Crippen LogP contribution in [0, 0.1) is 11.6 Å². The Hall–Kier alpha value is -2.24. The van der Waals surface area contributed by atoms with E-state index in [1.807, 2.05) is 0 Å². The zero-order valence-electron chi connectivity index (χ0n) is 10.2. The minimum atomic E-state index is -0.639. The van der Waals surface area contributed by atoms with Gasteiger partial charge in [0.2, 0.25) is 0 Å². The number of esters is 1. The predicted molar refractivity (Wildman–Crippen MR) is 63.7 cm³/mol. The number of carbonyl (C=O) groups excluding carboxylic acids is 1. The van der Waals surface area contributed by atoms with Crippen LogP contribution in [0.4, 0.5) is 8.78 Å². The van der Waals surface area contributed by atoms with Crippen LogP contribution in [0.15, 0.2) is 24.3 Å². The molecule has 2 rings (SSSR count). The van der Waals surface area contributed by atoms with Gasteiger partial charge in [0.25, 0.3) is 0 Å². The molecule has 1 aromatic carbocycles. The predicted octanol–water partition coefficient (Wildman–Crippen LogP) is 2.46. The summed E-state index contributed by atoms with van der Waals surface area (Å²) in [5, 5.41) is 6.43. The molecule has 0 aliphatic rings. The number of rotatable bonds is 4. The van der Waals surface area contributed by atoms with Crippen molar-refractivity contribution in [2.45, 2.75) is 13.3 Å². The molecular formula is C13H12F2N2O2. The van der Waals surface area contributed by atoms with Gasteiger partial charge < -0.3 is 4.74 Å². The van der Waals surface area contributed by atoms with E-state index in [2.05, 4.69) is 10.2 Å². The van der Waals surface area contributed by atoms with Crippen molar-refractivity contribution in [3.05, 3.63) is 52.9 Å². The number of hydrogen-bond donors (Lipinski definition) is 1. The average molecular weight is 266 g/mol. The topological polar surface area (TPSA) is 55.0 Å². The summed E-state index contributed by atoms with van der Waals surface area (Å²) in [6, 6.07) is 4.77. The van der Waals surface area contributed by atoms with Gasteiger partial charge in [0, 0.05) is 18.2 Å². The summed E-state index contributed by atoms with van der Waals surface area (Å²) < 4.78 is 30.8. The highest BCUT2D eigenvalue weighted by Crippen LogP contribution is 2.13. The molecule has 4 nitrogen and oxygen atoms in total. The molecule has 0 bridgehead atoms. The molecule has 0 fully saturated rings. The summed E-state index contributed by atoms with van der Waals surface area (Å²) in [6.07, 6.45) is 0.251. The monoisotopic (exact) mass is 266 g/mol. The van der Waals surface area contributed by atoms with Gasteiger partial charge in [-0.3, -0.25) is 5.10 Å². The van der Waals surface area contributed by atoms with Gasteiger partial charge in [-0.2, -0.15) is 5.10 Å². The van der Waals surface area contributed by atoms with Gasteiger partial charge in [0.05, 0.1) is 6.61 Å². The maximum absolute atomic E-state index is 13.0. The highest BCUT2D eigenvalue weighted by molar-refractivity contribution is 5.87. The van der Waals surface area contributed by atoms with Crippen LogP contribution in [0.5, 0.6) is 0 Å². The quantitative estimate of drug-likeness (QED) is 0.865. The number of H-pyrrole nitrogens is 1. The fourth-order valence-electron chi connectivity index (χ4n) is 1.69. The average Bonchev–Trinajstić information content (AvgIpc) is 2.76. The van der Waals surface area contributed by atoms with Gasteiger partial charge in [0.1, 0.15) is 11.6 Å². The van der Waals surface area contributed by atoms with Crippen LogP contribution in [0.25, 0.3) is 0 Å². The van der Waals surface area contributed by atoms with Gasteiger partial charge in [-0.25, -0.2) is 13.6 Å². The number of aromatic amines is 1. The van der Waals surface area contributed by atoms with E-state index in [1.54, 1.807) is 6.92 Å². The number of benzene rings is 1. The molecule has 6 heteroatoms. The lowest BCUT2D eigenvalue weighted by Gasteiger charge is -1.99. The normalized spacial score (nSPS) is 10.5. The maximum atomic E-state index is 13.0. The number of hydrogen-bond acceptors (Lipinski definition) is 3. The molecular weight excluding hydrogens is 254 g/mol. The summed E-state index contributed by atoms with van der Waals surface area (Å²) >= 11 is 0. The van der Waals surface area contributed by atoms with Gasteiger partial charge in [-0.05, 0) is 30.7 Å². The van der Waals surface area contributed by atoms with E-state index in [9.17, 15) is 13.6 Å². The van der Waals surface area contributed by atoms with Crippen molar-refractivity contribution in [2.75, 3.05) is 6.61 Å². The van der Waals surface area contributed by atoms with E-state index in [4.69, 9.17) is 4.74 Å². The largest absolute Gasteiger partial charge is 0.461 e. The van der Waals surface area contributed by atoms with Crippen molar-refractivity contribution in [1.82, 2.24) is 10.2 Å². The Kier molecular flexibility index (Phi) is 3.89. The van der Waals surface area contributed by atoms with Crippen LogP contribution in [0.3, 0.4) is 0 Å². The molecule has 0 atom stereocenters. The molecule has 100 valence electrons. The number of nitrogens with zero attached hydrogens (tertiary/aromatic N) is 1. The molecule has 1 aromatic heterocycles. The molecule has 1 heterocycles. The Morgan fingerprint density at radius 1 is 1.26 bits per heavy atom. The molecule has 0 spiro atoms. The van der Waals surface area contributed by atoms with Crippen LogP contribution in [0.2, 0.25) is 0 Å². The van der Waals surface area contributed by atoms with Crippen molar-refractivity contribution in [3.8, 4) is 0 Å². The molecule has 0 saturated heterocycles. The minimum Gasteiger partial charge on any atom is -0.461 e. The second kappa shape index (κ2) is 5.60. The summed E-state index contributed by atoms with van der Waals surface area (Å²) in [5.74, 6) is -1.81. The molecule has 0 saturated carbocycles. The zero-order chi connectivity index (χ0) is 13.8. The molecule has 0 aliphatic heterocycles. The SMILES string of the molecule is CCOC(=O)c1cc(Cc2cc(F)cc(F)c2)[nH]n1. The Labute approximate surface area is 108 Å². The van der Waals surface area contributed by atoms with E-state index >= 15 is 0 Å². The Balaban J connectivity index is 2.13. The van der Waals surface area contributed by atoms with E-state index < -0.39 is 17.6 Å². The first-order valence-corrected chi connectivity index (χ1v) is 5.75. The molecule has 0 unspecified atom stereocenters. The molecule has 1 N–H and O–H groups in total. The minimum absolute atomic E-state index is 0.147. The lowest BCUT2D eigenvalue weighted by Crippen LogP contribution is -2.04. The number of ether oxygens (including phenoxy) is 1. The van der Waals surface area contributed by atoms with Crippen LogP contribution < -0.4 is 0 Å². The third-order valence-corrected chi connectivity index (χ3v) is 2.43. The Bertz CT molecular complexity index is 576. The number of halogens is 2. The standard InChI is InChI=1S/C13H12F2N2O2/c1-2-19-13(18)12-7-11(16-17-12)5-8-3-9(14)6-10(15)4-8/h3-4,6-7H,2,5H2,1H3,(H,16,17). The summed E-state index contributed by atoms with van der Waals surface area (Å²) in [5.41, 5.74) is 1.18.